The summed E-state index contributed by atoms with van der Waals surface area (Å²) in [6, 6.07) is 10.6. The number of aryl methyl sites for hydroxylation is 1. The van der Waals surface area contributed by atoms with Gasteiger partial charge in [0.05, 0.1) is 0 Å². The van der Waals surface area contributed by atoms with E-state index in [0.29, 0.717) is 6.04 Å². The summed E-state index contributed by atoms with van der Waals surface area (Å²) in [5.41, 5.74) is 3.21. The summed E-state index contributed by atoms with van der Waals surface area (Å²) in [5, 5.41) is 3.47. The van der Waals surface area contributed by atoms with Gasteiger partial charge in [-0.1, -0.05) is 24.3 Å². The second-order valence-corrected chi connectivity index (χ2v) is 6.83. The zero-order chi connectivity index (χ0) is 14.1. The molecule has 2 aliphatic heterocycles. The number of nitrogens with one attached hydrogen (secondary N) is 1. The predicted molar refractivity (Wildman–Crippen MR) is 86.5 cm³/mol. The minimum absolute atomic E-state index is 0.683. The van der Waals surface area contributed by atoms with E-state index in [1.807, 2.05) is 0 Å². The molecule has 114 valence electrons. The van der Waals surface area contributed by atoms with Crippen LogP contribution in [0.25, 0.3) is 0 Å². The second kappa shape index (κ2) is 6.07. The lowest BCUT2D eigenvalue weighted by Gasteiger charge is -2.35. The summed E-state index contributed by atoms with van der Waals surface area (Å²) < 4.78 is 0. The molecule has 3 nitrogen and oxygen atoms in total. The van der Waals surface area contributed by atoms with Crippen molar-refractivity contribution in [3.8, 4) is 0 Å². The Bertz CT molecular complexity index is 481. The van der Waals surface area contributed by atoms with E-state index in [-0.39, 0.29) is 0 Å². The average Bonchev–Trinajstić information content (AvgIpc) is 3.05. The van der Waals surface area contributed by atoms with Gasteiger partial charge in [-0.05, 0) is 36.8 Å². The van der Waals surface area contributed by atoms with Crippen molar-refractivity contribution < 1.29 is 0 Å². The Hall–Kier alpha value is -0.900. The van der Waals surface area contributed by atoms with Crippen molar-refractivity contribution in [2.24, 2.45) is 0 Å². The van der Waals surface area contributed by atoms with Crippen molar-refractivity contribution in [1.82, 2.24) is 15.1 Å². The van der Waals surface area contributed by atoms with Gasteiger partial charge in [0.25, 0.3) is 0 Å². The molecule has 1 aromatic rings. The third kappa shape index (κ3) is 2.75. The monoisotopic (exact) mass is 285 g/mol. The molecule has 2 unspecified atom stereocenters. The molecule has 0 bridgehead atoms. The van der Waals surface area contributed by atoms with Crippen LogP contribution in [0.2, 0.25) is 0 Å². The standard InChI is InChI=1S/C18H27N3/c1-2-6-17-15(4-1)5-3-7-18(17)21-11-8-16(14-21)20-12-9-19-10-13-20/h1-2,4,6,16,18-19H,3,5,7-14H2. The topological polar surface area (TPSA) is 18.5 Å². The Morgan fingerprint density at radius 1 is 0.952 bits per heavy atom. The van der Waals surface area contributed by atoms with Crippen molar-refractivity contribution in [1.29, 1.82) is 0 Å². The lowest BCUT2D eigenvalue weighted by Crippen LogP contribution is -2.49. The molecular weight excluding hydrogens is 258 g/mol. The van der Waals surface area contributed by atoms with Crippen molar-refractivity contribution in [2.75, 3.05) is 39.3 Å². The molecule has 1 aliphatic carbocycles. The number of rotatable bonds is 2. The Kier molecular flexibility index (Phi) is 3.97. The fraction of sp³-hybridized carbons (Fsp3) is 0.667. The first kappa shape index (κ1) is 13.7. The van der Waals surface area contributed by atoms with E-state index in [4.69, 9.17) is 0 Å². The second-order valence-electron chi connectivity index (χ2n) is 6.83. The third-order valence-electron chi connectivity index (χ3n) is 5.64. The van der Waals surface area contributed by atoms with Gasteiger partial charge in [-0.15, -0.1) is 0 Å². The van der Waals surface area contributed by atoms with Crippen LogP contribution in [-0.2, 0) is 6.42 Å². The van der Waals surface area contributed by atoms with E-state index in [2.05, 4.69) is 39.4 Å². The Morgan fingerprint density at radius 3 is 2.71 bits per heavy atom. The number of hydrogen-bond acceptors (Lipinski definition) is 3. The molecule has 1 aromatic carbocycles. The molecule has 4 rings (SSSR count). The van der Waals surface area contributed by atoms with Crippen molar-refractivity contribution in [2.45, 2.75) is 37.8 Å². The number of fused-ring (bicyclic) bond motifs is 1. The molecule has 2 saturated heterocycles. The molecule has 2 atom stereocenters. The molecule has 21 heavy (non-hydrogen) atoms. The van der Waals surface area contributed by atoms with Crippen LogP contribution < -0.4 is 5.32 Å². The van der Waals surface area contributed by atoms with E-state index < -0.39 is 0 Å². The summed E-state index contributed by atoms with van der Waals surface area (Å²) in [6.07, 6.45) is 5.35. The van der Waals surface area contributed by atoms with Gasteiger partial charge in [0, 0.05) is 51.4 Å². The van der Waals surface area contributed by atoms with Crippen LogP contribution in [0.15, 0.2) is 24.3 Å². The summed E-state index contributed by atoms with van der Waals surface area (Å²) in [4.78, 5) is 5.48. The minimum atomic E-state index is 0.683. The molecule has 0 amide bonds. The largest absolute Gasteiger partial charge is 0.314 e. The van der Waals surface area contributed by atoms with Gasteiger partial charge < -0.3 is 5.32 Å². The summed E-state index contributed by atoms with van der Waals surface area (Å²) in [5.74, 6) is 0. The smallest absolute Gasteiger partial charge is 0.0351 e. The third-order valence-corrected chi connectivity index (χ3v) is 5.64. The number of benzene rings is 1. The minimum Gasteiger partial charge on any atom is -0.314 e. The van der Waals surface area contributed by atoms with Gasteiger partial charge in [-0.2, -0.15) is 0 Å². The highest BCUT2D eigenvalue weighted by atomic mass is 15.3. The van der Waals surface area contributed by atoms with Crippen LogP contribution in [-0.4, -0.2) is 55.1 Å². The highest BCUT2D eigenvalue weighted by Gasteiger charge is 2.34. The van der Waals surface area contributed by atoms with Crippen molar-refractivity contribution in [3.63, 3.8) is 0 Å². The number of hydrogen-bond donors (Lipinski definition) is 1. The predicted octanol–water partition coefficient (Wildman–Crippen LogP) is 2.04. The first-order valence-electron chi connectivity index (χ1n) is 8.68. The van der Waals surface area contributed by atoms with E-state index in [1.165, 1.54) is 65.0 Å². The Labute approximate surface area is 128 Å². The molecule has 0 radical (unpaired) electrons. The Balaban J connectivity index is 1.46. The van der Waals surface area contributed by atoms with E-state index in [1.54, 1.807) is 11.1 Å². The van der Waals surface area contributed by atoms with Crippen LogP contribution in [0.1, 0.15) is 36.4 Å². The van der Waals surface area contributed by atoms with Gasteiger partial charge >= 0.3 is 0 Å². The fourth-order valence-electron chi connectivity index (χ4n) is 4.50. The van der Waals surface area contributed by atoms with E-state index >= 15 is 0 Å². The quantitative estimate of drug-likeness (QED) is 0.897. The first-order valence-corrected chi connectivity index (χ1v) is 8.68. The van der Waals surface area contributed by atoms with E-state index in [0.717, 1.165) is 6.04 Å². The molecule has 2 heterocycles. The zero-order valence-electron chi connectivity index (χ0n) is 12.9. The normalized spacial score (nSPS) is 31.2. The number of likely N-dealkylation sites (tertiary alicyclic amines) is 1. The molecule has 0 aromatic heterocycles. The average molecular weight is 285 g/mol. The Morgan fingerprint density at radius 2 is 1.81 bits per heavy atom. The zero-order valence-corrected chi connectivity index (χ0v) is 12.9. The maximum absolute atomic E-state index is 3.47. The van der Waals surface area contributed by atoms with Crippen LogP contribution in [0.3, 0.4) is 0 Å². The van der Waals surface area contributed by atoms with Crippen LogP contribution in [0.5, 0.6) is 0 Å². The highest BCUT2D eigenvalue weighted by molar-refractivity contribution is 5.32. The molecular formula is C18H27N3. The lowest BCUT2D eigenvalue weighted by atomic mass is 9.87. The fourth-order valence-corrected chi connectivity index (χ4v) is 4.50. The molecule has 0 spiro atoms. The van der Waals surface area contributed by atoms with Gasteiger partial charge in [0.2, 0.25) is 0 Å². The van der Waals surface area contributed by atoms with Crippen LogP contribution >= 0.6 is 0 Å². The summed E-state index contributed by atoms with van der Waals surface area (Å²) in [6.45, 7) is 7.37. The SMILES string of the molecule is c1ccc2c(c1)CCCC2N1CCC(N2CCNCC2)C1. The number of nitrogens with zero attached hydrogens (tertiary/aromatic N) is 2. The van der Waals surface area contributed by atoms with Gasteiger partial charge in [0.15, 0.2) is 0 Å². The molecule has 3 heteroatoms. The first-order chi connectivity index (χ1) is 10.4. The molecule has 1 N–H and O–H groups in total. The van der Waals surface area contributed by atoms with Crippen molar-refractivity contribution in [3.05, 3.63) is 35.4 Å². The van der Waals surface area contributed by atoms with Crippen molar-refractivity contribution >= 4 is 0 Å². The molecule has 2 fully saturated rings. The lowest BCUT2D eigenvalue weighted by molar-refractivity contribution is 0.154. The van der Waals surface area contributed by atoms with Crippen LogP contribution in [0.4, 0.5) is 0 Å². The molecule has 3 aliphatic rings. The van der Waals surface area contributed by atoms with Gasteiger partial charge in [-0.25, -0.2) is 0 Å². The highest BCUT2D eigenvalue weighted by Crippen LogP contribution is 2.36. The summed E-state index contributed by atoms with van der Waals surface area (Å²) >= 11 is 0. The van der Waals surface area contributed by atoms with Crippen LogP contribution in [0, 0.1) is 0 Å². The maximum atomic E-state index is 3.47. The maximum Gasteiger partial charge on any atom is 0.0351 e. The number of piperazine rings is 1. The van der Waals surface area contributed by atoms with Gasteiger partial charge in [-0.3, -0.25) is 9.80 Å². The van der Waals surface area contributed by atoms with E-state index in [9.17, 15) is 0 Å². The molecule has 0 saturated carbocycles. The van der Waals surface area contributed by atoms with Gasteiger partial charge in [0.1, 0.15) is 0 Å². The summed E-state index contributed by atoms with van der Waals surface area (Å²) in [7, 11) is 0.